The van der Waals surface area contributed by atoms with Crippen LogP contribution < -0.4 is 10.1 Å². The molecule has 0 saturated carbocycles. The van der Waals surface area contributed by atoms with Gasteiger partial charge in [0.25, 0.3) is 0 Å². The summed E-state index contributed by atoms with van der Waals surface area (Å²) in [6, 6.07) is 6.40. The summed E-state index contributed by atoms with van der Waals surface area (Å²) in [7, 11) is 4.12. The van der Waals surface area contributed by atoms with Gasteiger partial charge in [0.2, 0.25) is 0 Å². The Bertz CT molecular complexity index is 375. The van der Waals surface area contributed by atoms with E-state index >= 15 is 0 Å². The van der Waals surface area contributed by atoms with Crippen molar-refractivity contribution in [1.29, 1.82) is 0 Å². The fourth-order valence-corrected chi connectivity index (χ4v) is 1.82. The monoisotopic (exact) mass is 264 g/mol. The van der Waals surface area contributed by atoms with Gasteiger partial charge in [0.1, 0.15) is 12.4 Å². The number of ether oxygens (including phenoxy) is 1. The van der Waals surface area contributed by atoms with E-state index < -0.39 is 0 Å². The second kappa shape index (κ2) is 8.18. The summed E-state index contributed by atoms with van der Waals surface area (Å²) in [6.07, 6.45) is 0. The molecule has 0 atom stereocenters. The molecule has 0 unspecified atom stereocenters. The number of likely N-dealkylation sites (N-methyl/N-ethyl adjacent to an activating group) is 1. The zero-order valence-electron chi connectivity index (χ0n) is 13.0. The summed E-state index contributed by atoms with van der Waals surface area (Å²) >= 11 is 0. The van der Waals surface area contributed by atoms with Crippen molar-refractivity contribution in [1.82, 2.24) is 10.2 Å². The Balaban J connectivity index is 2.58. The minimum Gasteiger partial charge on any atom is -0.492 e. The summed E-state index contributed by atoms with van der Waals surface area (Å²) < 4.78 is 5.88. The van der Waals surface area contributed by atoms with Gasteiger partial charge in [-0.1, -0.05) is 31.5 Å². The van der Waals surface area contributed by atoms with Crippen molar-refractivity contribution < 1.29 is 4.74 Å². The van der Waals surface area contributed by atoms with Gasteiger partial charge in [-0.05, 0) is 39.5 Å². The number of benzene rings is 1. The smallest absolute Gasteiger partial charge is 0.123 e. The van der Waals surface area contributed by atoms with Gasteiger partial charge in [0.15, 0.2) is 0 Å². The summed E-state index contributed by atoms with van der Waals surface area (Å²) in [5, 5.41) is 3.48. The van der Waals surface area contributed by atoms with Gasteiger partial charge in [-0.3, -0.25) is 0 Å². The first-order chi connectivity index (χ1) is 8.99. The SMILES string of the molecule is Cc1ccc(OCCN(C)C)c(CNCC(C)C)c1. The molecule has 0 fully saturated rings. The van der Waals surface area contributed by atoms with Crippen LogP contribution in [0.2, 0.25) is 0 Å². The van der Waals surface area contributed by atoms with Gasteiger partial charge >= 0.3 is 0 Å². The van der Waals surface area contributed by atoms with Crippen molar-refractivity contribution >= 4 is 0 Å². The number of hydrogen-bond donors (Lipinski definition) is 1. The van der Waals surface area contributed by atoms with Crippen LogP contribution in [-0.2, 0) is 6.54 Å². The molecule has 19 heavy (non-hydrogen) atoms. The minimum absolute atomic E-state index is 0.669. The molecule has 0 aliphatic heterocycles. The Kier molecular flexibility index (Phi) is 6.89. The summed E-state index contributed by atoms with van der Waals surface area (Å²) in [6.45, 7) is 10.1. The Morgan fingerprint density at radius 3 is 2.63 bits per heavy atom. The molecule has 0 spiro atoms. The van der Waals surface area contributed by atoms with Crippen LogP contribution in [0.5, 0.6) is 5.75 Å². The molecule has 3 nitrogen and oxygen atoms in total. The maximum atomic E-state index is 5.88. The summed E-state index contributed by atoms with van der Waals surface area (Å²) in [5.41, 5.74) is 2.53. The molecular weight excluding hydrogens is 236 g/mol. The van der Waals surface area contributed by atoms with Gasteiger partial charge in [0.05, 0.1) is 0 Å². The fourth-order valence-electron chi connectivity index (χ4n) is 1.82. The van der Waals surface area contributed by atoms with E-state index in [0.29, 0.717) is 5.92 Å². The molecule has 0 aliphatic carbocycles. The van der Waals surface area contributed by atoms with Crippen molar-refractivity contribution in [3.05, 3.63) is 29.3 Å². The molecule has 0 saturated heterocycles. The first kappa shape index (κ1) is 16.0. The molecular formula is C16H28N2O. The second-order valence-corrected chi connectivity index (χ2v) is 5.79. The van der Waals surface area contributed by atoms with E-state index in [1.54, 1.807) is 0 Å². The summed E-state index contributed by atoms with van der Waals surface area (Å²) in [4.78, 5) is 2.13. The lowest BCUT2D eigenvalue weighted by Crippen LogP contribution is -2.21. The molecule has 0 aliphatic rings. The molecule has 3 heteroatoms. The van der Waals surface area contributed by atoms with Crippen molar-refractivity contribution in [2.75, 3.05) is 33.8 Å². The maximum absolute atomic E-state index is 5.88. The highest BCUT2D eigenvalue weighted by atomic mass is 16.5. The molecule has 0 bridgehead atoms. The van der Waals surface area contributed by atoms with E-state index in [-0.39, 0.29) is 0 Å². The molecule has 1 aromatic rings. The highest BCUT2D eigenvalue weighted by Crippen LogP contribution is 2.20. The summed E-state index contributed by atoms with van der Waals surface area (Å²) in [5.74, 6) is 1.67. The highest BCUT2D eigenvalue weighted by molar-refractivity contribution is 5.36. The van der Waals surface area contributed by atoms with Crippen molar-refractivity contribution in [2.45, 2.75) is 27.3 Å². The van der Waals surface area contributed by atoms with Gasteiger partial charge in [-0.15, -0.1) is 0 Å². The van der Waals surface area contributed by atoms with Crippen LogP contribution in [0.4, 0.5) is 0 Å². The predicted octanol–water partition coefficient (Wildman–Crippen LogP) is 2.68. The zero-order valence-corrected chi connectivity index (χ0v) is 13.0. The normalized spacial score (nSPS) is 11.3. The lowest BCUT2D eigenvalue weighted by atomic mass is 10.1. The number of nitrogens with one attached hydrogen (secondary N) is 1. The average Bonchev–Trinajstić information content (AvgIpc) is 2.31. The molecule has 0 heterocycles. The van der Waals surface area contributed by atoms with E-state index in [2.05, 4.69) is 63.3 Å². The Labute approximate surface area is 118 Å². The Morgan fingerprint density at radius 1 is 1.26 bits per heavy atom. The van der Waals surface area contributed by atoms with Crippen LogP contribution in [0.25, 0.3) is 0 Å². The third-order valence-corrected chi connectivity index (χ3v) is 2.88. The lowest BCUT2D eigenvalue weighted by Gasteiger charge is -2.15. The first-order valence-corrected chi connectivity index (χ1v) is 7.07. The topological polar surface area (TPSA) is 24.5 Å². The van der Waals surface area contributed by atoms with Crippen LogP contribution >= 0.6 is 0 Å². The standard InChI is InChI=1S/C16H28N2O/c1-13(2)11-17-12-15-10-14(3)6-7-16(15)19-9-8-18(4)5/h6-7,10,13,17H,8-9,11-12H2,1-5H3. The molecule has 1 N–H and O–H groups in total. The molecule has 1 aromatic carbocycles. The number of rotatable bonds is 8. The van der Waals surface area contributed by atoms with Crippen LogP contribution in [0.3, 0.4) is 0 Å². The zero-order chi connectivity index (χ0) is 14.3. The predicted molar refractivity (Wildman–Crippen MR) is 81.8 cm³/mol. The van der Waals surface area contributed by atoms with Gasteiger partial charge in [0, 0.05) is 18.7 Å². The number of hydrogen-bond acceptors (Lipinski definition) is 3. The molecule has 0 amide bonds. The lowest BCUT2D eigenvalue weighted by molar-refractivity contribution is 0.259. The minimum atomic E-state index is 0.669. The van der Waals surface area contributed by atoms with Crippen molar-refractivity contribution in [3.63, 3.8) is 0 Å². The molecule has 0 aromatic heterocycles. The van der Waals surface area contributed by atoms with Crippen molar-refractivity contribution in [3.8, 4) is 5.75 Å². The van der Waals surface area contributed by atoms with Gasteiger partial charge in [-0.2, -0.15) is 0 Å². The van der Waals surface area contributed by atoms with Crippen LogP contribution in [0.1, 0.15) is 25.0 Å². The number of nitrogens with zero attached hydrogens (tertiary/aromatic N) is 1. The highest BCUT2D eigenvalue weighted by Gasteiger charge is 2.05. The number of aryl methyl sites for hydroxylation is 1. The van der Waals surface area contributed by atoms with Gasteiger partial charge < -0.3 is 15.0 Å². The van der Waals surface area contributed by atoms with Crippen LogP contribution in [-0.4, -0.2) is 38.7 Å². The second-order valence-electron chi connectivity index (χ2n) is 5.79. The third-order valence-electron chi connectivity index (χ3n) is 2.88. The first-order valence-electron chi connectivity index (χ1n) is 7.07. The molecule has 0 radical (unpaired) electrons. The van der Waals surface area contributed by atoms with Crippen LogP contribution in [0, 0.1) is 12.8 Å². The Hall–Kier alpha value is -1.06. The molecule has 108 valence electrons. The maximum Gasteiger partial charge on any atom is 0.123 e. The van der Waals surface area contributed by atoms with E-state index in [1.165, 1.54) is 11.1 Å². The average molecular weight is 264 g/mol. The largest absolute Gasteiger partial charge is 0.492 e. The van der Waals surface area contributed by atoms with E-state index in [0.717, 1.165) is 32.0 Å². The van der Waals surface area contributed by atoms with E-state index in [9.17, 15) is 0 Å². The van der Waals surface area contributed by atoms with E-state index in [4.69, 9.17) is 4.74 Å². The third kappa shape index (κ3) is 6.60. The van der Waals surface area contributed by atoms with Crippen LogP contribution in [0.15, 0.2) is 18.2 Å². The quantitative estimate of drug-likeness (QED) is 0.781. The fraction of sp³-hybridized carbons (Fsp3) is 0.625. The Morgan fingerprint density at radius 2 is 2.00 bits per heavy atom. The van der Waals surface area contributed by atoms with Gasteiger partial charge in [-0.25, -0.2) is 0 Å². The van der Waals surface area contributed by atoms with E-state index in [1.807, 2.05) is 0 Å². The molecule has 1 rings (SSSR count). The van der Waals surface area contributed by atoms with Crippen molar-refractivity contribution in [2.24, 2.45) is 5.92 Å².